The molecule has 0 unspecified atom stereocenters. The monoisotopic (exact) mass is 458 g/mol. The largest absolute Gasteiger partial charge is 0.417 e. The molecule has 31 heavy (non-hydrogen) atoms. The van der Waals surface area contributed by atoms with Crippen molar-refractivity contribution < 1.29 is 31.2 Å². The van der Waals surface area contributed by atoms with Gasteiger partial charge < -0.3 is 4.74 Å². The molecule has 166 valence electrons. The number of ether oxygens (including phenoxy) is 1. The number of anilines is 1. The Morgan fingerprint density at radius 3 is 2.48 bits per heavy atom. The van der Waals surface area contributed by atoms with Gasteiger partial charge in [0, 0.05) is 24.7 Å². The number of hydrazone groups is 1. The van der Waals surface area contributed by atoms with Crippen molar-refractivity contribution in [3.63, 3.8) is 0 Å². The van der Waals surface area contributed by atoms with Gasteiger partial charge in [-0.3, -0.25) is 15.5 Å². The van der Waals surface area contributed by atoms with Crippen LogP contribution < -0.4 is 5.43 Å². The molecule has 0 aliphatic carbocycles. The number of nitro benzene ring substituents is 1. The SMILES string of the molecule is O=[N+]([O-])c1cc(S(=O)(=O)N2CCOCC2)ccc1N/N=C\c1ccccc1C(F)(F)F. The molecule has 0 radical (unpaired) electrons. The van der Waals surface area contributed by atoms with Gasteiger partial charge in [-0.1, -0.05) is 18.2 Å². The zero-order valence-electron chi connectivity index (χ0n) is 15.9. The van der Waals surface area contributed by atoms with Crippen LogP contribution >= 0.6 is 0 Å². The molecule has 1 saturated heterocycles. The van der Waals surface area contributed by atoms with Crippen molar-refractivity contribution >= 4 is 27.6 Å². The molecule has 0 aromatic heterocycles. The van der Waals surface area contributed by atoms with Crippen LogP contribution in [0.1, 0.15) is 11.1 Å². The van der Waals surface area contributed by atoms with E-state index in [1.54, 1.807) is 0 Å². The molecule has 0 atom stereocenters. The van der Waals surface area contributed by atoms with Crippen molar-refractivity contribution in [2.24, 2.45) is 5.10 Å². The van der Waals surface area contributed by atoms with Gasteiger partial charge in [0.05, 0.1) is 34.8 Å². The van der Waals surface area contributed by atoms with Crippen LogP contribution in [0.15, 0.2) is 52.5 Å². The van der Waals surface area contributed by atoms with Crippen molar-refractivity contribution in [3.8, 4) is 0 Å². The lowest BCUT2D eigenvalue weighted by molar-refractivity contribution is -0.384. The lowest BCUT2D eigenvalue weighted by Crippen LogP contribution is -2.40. The van der Waals surface area contributed by atoms with E-state index in [1.165, 1.54) is 24.3 Å². The van der Waals surface area contributed by atoms with E-state index in [-0.39, 0.29) is 42.4 Å². The first kappa shape index (κ1) is 22.7. The van der Waals surface area contributed by atoms with E-state index in [2.05, 4.69) is 10.5 Å². The highest BCUT2D eigenvalue weighted by Crippen LogP contribution is 2.32. The van der Waals surface area contributed by atoms with Crippen molar-refractivity contribution in [1.82, 2.24) is 4.31 Å². The number of hydrogen-bond acceptors (Lipinski definition) is 7. The van der Waals surface area contributed by atoms with Crippen LogP contribution in [0.2, 0.25) is 0 Å². The fraction of sp³-hybridized carbons (Fsp3) is 0.278. The van der Waals surface area contributed by atoms with Crippen LogP contribution in [0.3, 0.4) is 0 Å². The van der Waals surface area contributed by atoms with Gasteiger partial charge in [0.1, 0.15) is 5.69 Å². The fourth-order valence-electron chi connectivity index (χ4n) is 2.89. The van der Waals surface area contributed by atoms with Crippen molar-refractivity contribution in [1.29, 1.82) is 0 Å². The molecule has 0 bridgehead atoms. The van der Waals surface area contributed by atoms with Crippen LogP contribution in [0, 0.1) is 10.1 Å². The Labute approximate surface area is 175 Å². The predicted octanol–water partition coefficient (Wildman–Crippen LogP) is 3.08. The second-order valence-electron chi connectivity index (χ2n) is 6.41. The van der Waals surface area contributed by atoms with E-state index >= 15 is 0 Å². The lowest BCUT2D eigenvalue weighted by Gasteiger charge is -2.26. The first-order valence-electron chi connectivity index (χ1n) is 8.92. The number of nitrogens with zero attached hydrogens (tertiary/aromatic N) is 3. The highest BCUT2D eigenvalue weighted by atomic mass is 32.2. The average Bonchev–Trinajstić information content (AvgIpc) is 2.74. The van der Waals surface area contributed by atoms with Gasteiger partial charge >= 0.3 is 6.18 Å². The third-order valence-electron chi connectivity index (χ3n) is 4.43. The molecule has 13 heteroatoms. The molecule has 3 rings (SSSR count). The second-order valence-corrected chi connectivity index (χ2v) is 8.35. The highest BCUT2D eigenvalue weighted by molar-refractivity contribution is 7.89. The Morgan fingerprint density at radius 1 is 1.16 bits per heavy atom. The Hall–Kier alpha value is -3.03. The topological polar surface area (TPSA) is 114 Å². The molecule has 1 N–H and O–H groups in total. The molecule has 1 aliphatic rings. The summed E-state index contributed by atoms with van der Waals surface area (Å²) in [7, 11) is -3.96. The Bertz CT molecular complexity index is 1100. The number of alkyl halides is 3. The van der Waals surface area contributed by atoms with Gasteiger partial charge in [-0.2, -0.15) is 22.6 Å². The minimum Gasteiger partial charge on any atom is -0.379 e. The molecule has 1 fully saturated rings. The summed E-state index contributed by atoms with van der Waals surface area (Å²) in [6.45, 7) is 0.683. The van der Waals surface area contributed by atoms with Crippen LogP contribution in [0.4, 0.5) is 24.5 Å². The van der Waals surface area contributed by atoms with Crippen LogP contribution in [-0.2, 0) is 20.9 Å². The zero-order chi connectivity index (χ0) is 22.6. The Kier molecular flexibility index (Phi) is 6.57. The average molecular weight is 458 g/mol. The van der Waals surface area contributed by atoms with E-state index in [9.17, 15) is 31.7 Å². The number of nitro groups is 1. The minimum atomic E-state index is -4.59. The second kappa shape index (κ2) is 8.99. The number of halogens is 3. The summed E-state index contributed by atoms with van der Waals surface area (Å²) in [4.78, 5) is 10.3. The third kappa shape index (κ3) is 5.18. The first-order valence-corrected chi connectivity index (χ1v) is 10.4. The third-order valence-corrected chi connectivity index (χ3v) is 6.32. The van der Waals surface area contributed by atoms with Crippen LogP contribution in [-0.4, -0.2) is 50.2 Å². The normalized spacial score (nSPS) is 15.8. The van der Waals surface area contributed by atoms with E-state index in [1.807, 2.05) is 0 Å². The molecule has 9 nitrogen and oxygen atoms in total. The summed E-state index contributed by atoms with van der Waals surface area (Å²) in [6, 6.07) is 7.88. The van der Waals surface area contributed by atoms with E-state index < -0.39 is 32.4 Å². The molecular weight excluding hydrogens is 441 g/mol. The van der Waals surface area contributed by atoms with Crippen LogP contribution in [0.5, 0.6) is 0 Å². The van der Waals surface area contributed by atoms with Crippen LogP contribution in [0.25, 0.3) is 0 Å². The number of hydrogen-bond donors (Lipinski definition) is 1. The quantitative estimate of drug-likeness (QED) is 0.404. The smallest absolute Gasteiger partial charge is 0.379 e. The first-order chi connectivity index (χ1) is 14.6. The number of benzene rings is 2. The summed E-state index contributed by atoms with van der Waals surface area (Å²) >= 11 is 0. The van der Waals surface area contributed by atoms with Gasteiger partial charge in [-0.15, -0.1) is 0 Å². The van der Waals surface area contributed by atoms with Crippen molar-refractivity contribution in [3.05, 3.63) is 63.7 Å². The lowest BCUT2D eigenvalue weighted by atomic mass is 10.1. The predicted molar refractivity (Wildman–Crippen MR) is 105 cm³/mol. The summed E-state index contributed by atoms with van der Waals surface area (Å²) in [5.41, 5.74) is 0.396. The minimum absolute atomic E-state index is 0.124. The molecule has 2 aromatic rings. The van der Waals surface area contributed by atoms with Gasteiger partial charge in [0.25, 0.3) is 5.69 Å². The zero-order valence-corrected chi connectivity index (χ0v) is 16.7. The van der Waals surface area contributed by atoms with Gasteiger partial charge in [0.2, 0.25) is 10.0 Å². The number of rotatable bonds is 6. The maximum atomic E-state index is 13.0. The molecule has 1 aliphatic heterocycles. The van der Waals surface area contributed by atoms with Crippen molar-refractivity contribution in [2.45, 2.75) is 11.1 Å². The van der Waals surface area contributed by atoms with E-state index in [0.717, 1.165) is 28.7 Å². The van der Waals surface area contributed by atoms with Gasteiger partial charge in [-0.05, 0) is 18.2 Å². The molecule has 1 heterocycles. The van der Waals surface area contributed by atoms with Gasteiger partial charge in [0.15, 0.2) is 0 Å². The summed E-state index contributed by atoms with van der Waals surface area (Å²) in [6.07, 6.45) is -3.71. The summed E-state index contributed by atoms with van der Waals surface area (Å²) in [5, 5.41) is 15.1. The number of morpholine rings is 1. The molecule has 0 saturated carbocycles. The fourth-order valence-corrected chi connectivity index (χ4v) is 4.32. The maximum Gasteiger partial charge on any atom is 0.417 e. The summed E-state index contributed by atoms with van der Waals surface area (Å²) in [5.74, 6) is 0. The highest BCUT2D eigenvalue weighted by Gasteiger charge is 2.32. The Balaban J connectivity index is 1.86. The molecule has 0 amide bonds. The van der Waals surface area contributed by atoms with E-state index in [0.29, 0.717) is 0 Å². The summed E-state index contributed by atoms with van der Waals surface area (Å²) < 4.78 is 70.8. The number of sulfonamides is 1. The molecular formula is C18H17F3N4O5S. The Morgan fingerprint density at radius 2 is 1.84 bits per heavy atom. The standard InChI is InChI=1S/C18H17F3N4O5S/c19-18(20,21)15-4-2-1-3-13(15)12-22-23-16-6-5-14(11-17(16)25(26)27)31(28,29)24-7-9-30-10-8-24/h1-6,11-12,23H,7-10H2/b22-12-. The van der Waals surface area contributed by atoms with Crippen molar-refractivity contribution in [2.75, 3.05) is 31.7 Å². The molecule has 2 aromatic carbocycles. The number of nitrogens with one attached hydrogen (secondary N) is 1. The van der Waals surface area contributed by atoms with Gasteiger partial charge in [-0.25, -0.2) is 8.42 Å². The molecule has 0 spiro atoms. The maximum absolute atomic E-state index is 13.0. The van der Waals surface area contributed by atoms with E-state index in [4.69, 9.17) is 4.74 Å².